The van der Waals surface area contributed by atoms with Gasteiger partial charge in [-0.05, 0) is 49.1 Å². The Morgan fingerprint density at radius 3 is 2.58 bits per heavy atom. The Labute approximate surface area is 210 Å². The lowest BCUT2D eigenvalue weighted by molar-refractivity contribution is 0.102. The fourth-order valence-electron chi connectivity index (χ4n) is 5.22. The van der Waals surface area contributed by atoms with Crippen LogP contribution in [-0.2, 0) is 5.60 Å². The van der Waals surface area contributed by atoms with Gasteiger partial charge >= 0.3 is 0 Å². The predicted molar refractivity (Wildman–Crippen MR) is 142 cm³/mol. The van der Waals surface area contributed by atoms with Gasteiger partial charge in [-0.3, -0.25) is 4.68 Å². The van der Waals surface area contributed by atoms with Gasteiger partial charge in [-0.1, -0.05) is 55.7 Å². The summed E-state index contributed by atoms with van der Waals surface area (Å²) in [5.74, 6) is 1.06. The van der Waals surface area contributed by atoms with E-state index in [9.17, 15) is 5.11 Å². The van der Waals surface area contributed by atoms with E-state index >= 15 is 0 Å². The van der Waals surface area contributed by atoms with Crippen LogP contribution in [0.4, 0.5) is 5.82 Å². The molecule has 2 aromatic carbocycles. The van der Waals surface area contributed by atoms with Crippen LogP contribution in [0.25, 0.3) is 33.5 Å². The highest BCUT2D eigenvalue weighted by atomic mass is 16.3. The van der Waals surface area contributed by atoms with Gasteiger partial charge in [-0.15, -0.1) is 0 Å². The van der Waals surface area contributed by atoms with Gasteiger partial charge in [-0.25, -0.2) is 9.97 Å². The summed E-state index contributed by atoms with van der Waals surface area (Å²) in [4.78, 5) is 12.6. The maximum atomic E-state index is 11.3. The second-order valence-corrected chi connectivity index (χ2v) is 9.91. The lowest BCUT2D eigenvalue weighted by Crippen LogP contribution is -2.22. The molecule has 3 aromatic heterocycles. The van der Waals surface area contributed by atoms with E-state index in [0.717, 1.165) is 38.9 Å². The molecule has 0 bridgehead atoms. The fraction of sp³-hybridized carbons (Fsp3) is 0.276. The first-order chi connectivity index (χ1) is 17.5. The Morgan fingerprint density at radius 1 is 0.972 bits per heavy atom. The van der Waals surface area contributed by atoms with Crippen molar-refractivity contribution < 1.29 is 5.11 Å². The maximum absolute atomic E-state index is 11.3. The monoisotopic (exact) mass is 478 g/mol. The van der Waals surface area contributed by atoms with Gasteiger partial charge < -0.3 is 15.8 Å². The van der Waals surface area contributed by atoms with Gasteiger partial charge in [0.1, 0.15) is 17.2 Å². The Morgan fingerprint density at radius 2 is 1.78 bits per heavy atom. The van der Waals surface area contributed by atoms with Crippen LogP contribution >= 0.6 is 0 Å². The van der Waals surface area contributed by atoms with Gasteiger partial charge in [0, 0.05) is 23.5 Å². The number of anilines is 1. The zero-order valence-corrected chi connectivity index (χ0v) is 20.4. The summed E-state index contributed by atoms with van der Waals surface area (Å²) in [5, 5.41) is 15.9. The molecule has 0 aliphatic heterocycles. The van der Waals surface area contributed by atoms with E-state index < -0.39 is 5.60 Å². The molecule has 1 fully saturated rings. The number of aromatic nitrogens is 5. The number of hydrogen-bond donors (Lipinski definition) is 3. The van der Waals surface area contributed by atoms with Crippen molar-refractivity contribution in [1.82, 2.24) is 24.7 Å². The van der Waals surface area contributed by atoms with Crippen LogP contribution in [0.15, 0.2) is 73.2 Å². The minimum Gasteiger partial charge on any atom is -0.383 e. The lowest BCUT2D eigenvalue weighted by atomic mass is 9.88. The third-order valence-electron chi connectivity index (χ3n) is 7.44. The zero-order chi connectivity index (χ0) is 24.7. The average Bonchev–Trinajstić information content (AvgIpc) is 3.57. The first-order valence-electron chi connectivity index (χ1n) is 12.6. The minimum atomic E-state index is -1.13. The molecular weight excluding hydrogens is 448 g/mol. The number of rotatable bonds is 5. The molecule has 1 unspecified atom stereocenters. The lowest BCUT2D eigenvalue weighted by Gasteiger charge is -2.24. The largest absolute Gasteiger partial charge is 0.383 e. The molecule has 0 spiro atoms. The number of nitrogens with one attached hydrogen (secondary N) is 1. The Hall–Kier alpha value is -3.97. The van der Waals surface area contributed by atoms with Crippen LogP contribution in [-0.4, -0.2) is 29.8 Å². The summed E-state index contributed by atoms with van der Waals surface area (Å²) in [6.45, 7) is 1.81. The number of H-pyrrole nitrogens is 1. The van der Waals surface area contributed by atoms with Crippen molar-refractivity contribution in [3.63, 3.8) is 0 Å². The molecule has 4 N–H and O–H groups in total. The minimum absolute atomic E-state index is 0.411. The van der Waals surface area contributed by atoms with Crippen LogP contribution in [0.2, 0.25) is 0 Å². The molecule has 0 saturated heterocycles. The maximum Gasteiger partial charge on any atom is 0.142 e. The Kier molecular flexibility index (Phi) is 5.57. The van der Waals surface area contributed by atoms with E-state index in [0.29, 0.717) is 17.7 Å². The normalized spacial score (nSPS) is 16.3. The van der Waals surface area contributed by atoms with Crippen LogP contribution in [0.1, 0.15) is 56.2 Å². The van der Waals surface area contributed by atoms with E-state index in [1.54, 1.807) is 13.1 Å². The molecule has 1 aliphatic rings. The van der Waals surface area contributed by atoms with Crippen LogP contribution in [0.3, 0.4) is 0 Å². The Bertz CT molecular complexity index is 1510. The van der Waals surface area contributed by atoms with Crippen LogP contribution in [0.5, 0.6) is 0 Å². The molecule has 1 aliphatic carbocycles. The molecule has 0 radical (unpaired) electrons. The van der Waals surface area contributed by atoms with Crippen molar-refractivity contribution in [3.8, 4) is 22.5 Å². The van der Waals surface area contributed by atoms with Crippen molar-refractivity contribution >= 4 is 16.9 Å². The number of aromatic amines is 1. The average molecular weight is 479 g/mol. The quantitative estimate of drug-likeness (QED) is 0.295. The molecule has 7 heteroatoms. The van der Waals surface area contributed by atoms with Crippen LogP contribution < -0.4 is 5.73 Å². The molecule has 1 atom stereocenters. The van der Waals surface area contributed by atoms with E-state index in [4.69, 9.17) is 10.7 Å². The van der Waals surface area contributed by atoms with Crippen molar-refractivity contribution in [2.75, 3.05) is 5.73 Å². The molecule has 182 valence electrons. The van der Waals surface area contributed by atoms with E-state index in [2.05, 4.69) is 25.9 Å². The third kappa shape index (κ3) is 4.05. The number of benzene rings is 2. The molecule has 6 rings (SSSR count). The number of hydrogen-bond acceptors (Lipinski definition) is 5. The summed E-state index contributed by atoms with van der Waals surface area (Å²) in [6, 6.07) is 17.9. The summed E-state index contributed by atoms with van der Waals surface area (Å²) in [5.41, 5.74) is 11.1. The van der Waals surface area contributed by atoms with E-state index in [1.165, 1.54) is 32.1 Å². The summed E-state index contributed by atoms with van der Waals surface area (Å²) >= 11 is 0. The number of fused-ring (bicyclic) bond motifs is 1. The number of aliphatic hydroxyl groups is 1. The Balaban J connectivity index is 1.33. The van der Waals surface area contributed by atoms with Crippen LogP contribution in [0, 0.1) is 0 Å². The molecular formula is C29H30N6O. The first-order valence-corrected chi connectivity index (χ1v) is 12.6. The molecule has 36 heavy (non-hydrogen) atoms. The molecule has 3 heterocycles. The standard InChI is InChI=1S/C29H30N6O/c1-29(36,21-8-4-2-5-9-21)22-12-13-25-26(15-22)34-28(33-25)24-14-19(16-31-27(24)30)20-17-32-35(18-20)23-10-6-3-7-11-23/h2,4-5,8-9,12-18,23,36H,3,6-7,10-11H2,1H3,(H2,30,31)(H,33,34). The summed E-state index contributed by atoms with van der Waals surface area (Å²) < 4.78 is 2.10. The fourth-order valence-corrected chi connectivity index (χ4v) is 5.22. The van der Waals surface area contributed by atoms with E-state index in [-0.39, 0.29) is 0 Å². The summed E-state index contributed by atoms with van der Waals surface area (Å²) in [6.07, 6.45) is 12.0. The summed E-state index contributed by atoms with van der Waals surface area (Å²) in [7, 11) is 0. The highest BCUT2D eigenvalue weighted by Crippen LogP contribution is 2.34. The van der Waals surface area contributed by atoms with Gasteiger partial charge in [0.15, 0.2) is 0 Å². The van der Waals surface area contributed by atoms with Gasteiger partial charge in [0.05, 0.1) is 28.8 Å². The number of nitrogens with zero attached hydrogens (tertiary/aromatic N) is 4. The second-order valence-electron chi connectivity index (χ2n) is 9.91. The molecule has 5 aromatic rings. The number of nitrogens with two attached hydrogens (primary N) is 1. The molecule has 7 nitrogen and oxygen atoms in total. The van der Waals surface area contributed by atoms with Crippen molar-refractivity contribution in [2.45, 2.75) is 50.7 Å². The van der Waals surface area contributed by atoms with Crippen molar-refractivity contribution in [3.05, 3.63) is 84.3 Å². The van der Waals surface area contributed by atoms with E-state index in [1.807, 2.05) is 60.8 Å². The highest BCUT2D eigenvalue weighted by Gasteiger charge is 2.26. The highest BCUT2D eigenvalue weighted by molar-refractivity contribution is 5.84. The molecule has 0 amide bonds. The van der Waals surface area contributed by atoms with Gasteiger partial charge in [0.2, 0.25) is 0 Å². The van der Waals surface area contributed by atoms with Crippen molar-refractivity contribution in [1.29, 1.82) is 0 Å². The number of nitrogen functional groups attached to an aromatic ring is 1. The SMILES string of the molecule is CC(O)(c1ccccc1)c1ccc2nc(-c3cc(-c4cnn(C5CCCCC5)c4)cnc3N)[nH]c2c1. The van der Waals surface area contributed by atoms with Gasteiger partial charge in [-0.2, -0.15) is 5.10 Å². The third-order valence-corrected chi connectivity index (χ3v) is 7.44. The topological polar surface area (TPSA) is 106 Å². The number of imidazole rings is 1. The van der Waals surface area contributed by atoms with Crippen molar-refractivity contribution in [2.24, 2.45) is 0 Å². The van der Waals surface area contributed by atoms with Gasteiger partial charge in [0.25, 0.3) is 0 Å². The predicted octanol–water partition coefficient (Wildman–Crippen LogP) is 5.83. The zero-order valence-electron chi connectivity index (χ0n) is 20.4. The molecule has 1 saturated carbocycles. The number of pyridine rings is 1. The first kappa shape index (κ1) is 22.5. The second kappa shape index (κ2) is 8.91. The smallest absolute Gasteiger partial charge is 0.142 e.